The Bertz CT molecular complexity index is 1320. The minimum atomic E-state index is -4.80. The largest absolute Gasteiger partial charge is 0.573 e. The molecule has 0 saturated carbocycles. The molecule has 2 aromatic carbocycles. The van der Waals surface area contributed by atoms with Crippen LogP contribution in [0.15, 0.2) is 46.9 Å². The molecule has 2 aromatic heterocycles. The normalized spacial score (nSPS) is 12.0. The van der Waals surface area contributed by atoms with Gasteiger partial charge in [-0.1, -0.05) is 23.5 Å². The van der Waals surface area contributed by atoms with Crippen LogP contribution in [0.5, 0.6) is 11.5 Å². The van der Waals surface area contributed by atoms with Crippen LogP contribution in [0, 0.1) is 0 Å². The summed E-state index contributed by atoms with van der Waals surface area (Å²) in [6, 6.07) is 10.9. The molecule has 2 heterocycles. The average molecular weight is 494 g/mol. The van der Waals surface area contributed by atoms with Gasteiger partial charge >= 0.3 is 6.36 Å². The van der Waals surface area contributed by atoms with Gasteiger partial charge in [0.05, 0.1) is 16.8 Å². The third kappa shape index (κ3) is 5.26. The second-order valence-corrected chi connectivity index (χ2v) is 8.66. The van der Waals surface area contributed by atoms with E-state index in [9.17, 15) is 18.0 Å². The fourth-order valence-electron chi connectivity index (χ4n) is 3.33. The Morgan fingerprint density at radius 3 is 2.65 bits per heavy atom. The third-order valence-electron chi connectivity index (χ3n) is 4.85. The summed E-state index contributed by atoms with van der Waals surface area (Å²) in [4.78, 5) is 21.3. The number of carbonyl (C=O) groups is 1. The van der Waals surface area contributed by atoms with Crippen LogP contribution in [0.4, 0.5) is 18.3 Å². The zero-order valence-corrected chi connectivity index (χ0v) is 19.5. The molecule has 0 aliphatic rings. The SMILES string of the molecule is CCOc1cccc2cc(C(=O)N(CCN(C)C)c3nc4ccc(OC(F)(F)F)cc4s3)oc12. The number of hydrogen-bond acceptors (Lipinski definition) is 7. The zero-order valence-electron chi connectivity index (χ0n) is 18.7. The number of nitrogens with zero attached hydrogens (tertiary/aromatic N) is 3. The third-order valence-corrected chi connectivity index (χ3v) is 5.89. The van der Waals surface area contributed by atoms with Crippen LogP contribution in [0.25, 0.3) is 21.2 Å². The number of para-hydroxylation sites is 1. The average Bonchev–Trinajstić information content (AvgIpc) is 3.37. The van der Waals surface area contributed by atoms with Crippen molar-refractivity contribution in [3.63, 3.8) is 0 Å². The molecule has 0 spiro atoms. The summed E-state index contributed by atoms with van der Waals surface area (Å²) in [5.74, 6) is -0.106. The van der Waals surface area contributed by atoms with Crippen LogP contribution in [-0.2, 0) is 0 Å². The van der Waals surface area contributed by atoms with E-state index in [-0.39, 0.29) is 11.5 Å². The van der Waals surface area contributed by atoms with E-state index in [0.717, 1.165) is 16.7 Å². The van der Waals surface area contributed by atoms with E-state index in [1.54, 1.807) is 12.1 Å². The lowest BCUT2D eigenvalue weighted by molar-refractivity contribution is -0.274. The highest BCUT2D eigenvalue weighted by Crippen LogP contribution is 2.35. The number of anilines is 1. The summed E-state index contributed by atoms with van der Waals surface area (Å²) >= 11 is 1.10. The molecule has 0 bridgehead atoms. The van der Waals surface area contributed by atoms with Crippen molar-refractivity contribution in [3.05, 3.63) is 48.2 Å². The maximum absolute atomic E-state index is 13.5. The van der Waals surface area contributed by atoms with Gasteiger partial charge in [-0.2, -0.15) is 0 Å². The molecule has 0 saturated heterocycles. The number of hydrogen-bond donors (Lipinski definition) is 0. The van der Waals surface area contributed by atoms with Gasteiger partial charge in [0, 0.05) is 24.5 Å². The van der Waals surface area contributed by atoms with Crippen molar-refractivity contribution in [2.24, 2.45) is 0 Å². The Hall–Kier alpha value is -3.31. The highest BCUT2D eigenvalue weighted by Gasteiger charge is 2.31. The number of benzene rings is 2. The highest BCUT2D eigenvalue weighted by molar-refractivity contribution is 7.22. The topological polar surface area (TPSA) is 68.0 Å². The van der Waals surface area contributed by atoms with Gasteiger partial charge in [-0.05, 0) is 45.3 Å². The second kappa shape index (κ2) is 9.51. The molecule has 180 valence electrons. The van der Waals surface area contributed by atoms with E-state index in [0.29, 0.717) is 46.4 Å². The summed E-state index contributed by atoms with van der Waals surface area (Å²) in [6.45, 7) is 3.14. The summed E-state index contributed by atoms with van der Waals surface area (Å²) in [5.41, 5.74) is 0.930. The number of aromatic nitrogens is 1. The Kier molecular flexibility index (Phi) is 6.67. The van der Waals surface area contributed by atoms with E-state index in [1.807, 2.05) is 38.1 Å². The van der Waals surface area contributed by atoms with Crippen molar-refractivity contribution >= 4 is 43.6 Å². The molecular weight excluding hydrogens is 471 g/mol. The van der Waals surface area contributed by atoms with Crippen molar-refractivity contribution in [2.75, 3.05) is 38.7 Å². The van der Waals surface area contributed by atoms with Gasteiger partial charge in [-0.15, -0.1) is 13.2 Å². The van der Waals surface area contributed by atoms with E-state index in [2.05, 4.69) is 9.72 Å². The number of carbonyl (C=O) groups excluding carboxylic acids is 1. The second-order valence-electron chi connectivity index (χ2n) is 7.65. The van der Waals surface area contributed by atoms with Gasteiger partial charge < -0.3 is 18.8 Å². The van der Waals surface area contributed by atoms with Gasteiger partial charge in [0.15, 0.2) is 22.2 Å². The molecule has 4 rings (SSSR count). The smallest absolute Gasteiger partial charge is 0.490 e. The van der Waals surface area contributed by atoms with Crippen LogP contribution in [0.2, 0.25) is 0 Å². The molecular formula is C23H22F3N3O4S. The number of rotatable bonds is 8. The predicted octanol–water partition coefficient (Wildman–Crippen LogP) is 5.55. The first-order valence-corrected chi connectivity index (χ1v) is 11.2. The van der Waals surface area contributed by atoms with Gasteiger partial charge in [-0.3, -0.25) is 9.69 Å². The van der Waals surface area contributed by atoms with Gasteiger partial charge in [0.2, 0.25) is 0 Å². The lowest BCUT2D eigenvalue weighted by Crippen LogP contribution is -2.36. The Balaban J connectivity index is 1.70. The molecule has 0 N–H and O–H groups in total. The Morgan fingerprint density at radius 2 is 1.94 bits per heavy atom. The van der Waals surface area contributed by atoms with Gasteiger partial charge in [0.1, 0.15) is 5.75 Å². The van der Waals surface area contributed by atoms with Crippen molar-refractivity contribution in [1.82, 2.24) is 9.88 Å². The van der Waals surface area contributed by atoms with Crippen LogP contribution >= 0.6 is 11.3 Å². The van der Waals surface area contributed by atoms with Crippen molar-refractivity contribution < 1.29 is 31.9 Å². The molecule has 0 aliphatic carbocycles. The standard InChI is InChI=1S/C23H22F3N3O4S/c1-4-31-17-7-5-6-14-12-18(32-20(14)17)21(30)29(11-10-28(2)3)22-27-16-9-8-15(13-19(16)34-22)33-23(24,25)26/h5-9,12-13H,4,10-11H2,1-3H3. The number of furan rings is 1. The molecule has 0 radical (unpaired) electrons. The van der Waals surface area contributed by atoms with E-state index >= 15 is 0 Å². The number of likely N-dealkylation sites (N-methyl/N-ethyl adjacent to an activating group) is 1. The van der Waals surface area contributed by atoms with E-state index < -0.39 is 12.3 Å². The Morgan fingerprint density at radius 1 is 1.15 bits per heavy atom. The maximum atomic E-state index is 13.5. The number of alkyl halides is 3. The molecule has 4 aromatic rings. The van der Waals surface area contributed by atoms with Crippen LogP contribution in [-0.4, -0.2) is 55.9 Å². The first-order chi connectivity index (χ1) is 16.1. The maximum Gasteiger partial charge on any atom is 0.573 e. The quantitative estimate of drug-likeness (QED) is 0.321. The van der Waals surface area contributed by atoms with Crippen LogP contribution < -0.4 is 14.4 Å². The van der Waals surface area contributed by atoms with Crippen molar-refractivity contribution in [1.29, 1.82) is 0 Å². The molecule has 1 amide bonds. The summed E-state index contributed by atoms with van der Waals surface area (Å²) in [5, 5.41) is 1.07. The molecule has 0 unspecified atom stereocenters. The number of thiazole rings is 1. The number of ether oxygens (including phenoxy) is 2. The van der Waals surface area contributed by atoms with Gasteiger partial charge in [-0.25, -0.2) is 4.98 Å². The van der Waals surface area contributed by atoms with E-state index in [4.69, 9.17) is 9.15 Å². The first kappa shape index (κ1) is 23.8. The lowest BCUT2D eigenvalue weighted by Gasteiger charge is -2.20. The summed E-state index contributed by atoms with van der Waals surface area (Å²) in [7, 11) is 3.74. The Labute approximate surface area is 197 Å². The fourth-order valence-corrected chi connectivity index (χ4v) is 4.35. The predicted molar refractivity (Wildman–Crippen MR) is 124 cm³/mol. The van der Waals surface area contributed by atoms with Crippen molar-refractivity contribution in [2.45, 2.75) is 13.3 Å². The minimum Gasteiger partial charge on any atom is -0.490 e. The summed E-state index contributed by atoms with van der Waals surface area (Å²) < 4.78 is 53.7. The highest BCUT2D eigenvalue weighted by atomic mass is 32.1. The zero-order chi connectivity index (χ0) is 24.5. The number of halogens is 3. The molecule has 11 heteroatoms. The van der Waals surface area contributed by atoms with Gasteiger partial charge in [0.25, 0.3) is 5.91 Å². The van der Waals surface area contributed by atoms with Crippen LogP contribution in [0.1, 0.15) is 17.5 Å². The monoisotopic (exact) mass is 493 g/mol. The number of amides is 1. The molecule has 7 nitrogen and oxygen atoms in total. The molecule has 34 heavy (non-hydrogen) atoms. The number of fused-ring (bicyclic) bond motifs is 2. The first-order valence-electron chi connectivity index (χ1n) is 10.4. The molecule has 0 atom stereocenters. The molecule has 0 aliphatic heterocycles. The fraction of sp³-hybridized carbons (Fsp3) is 0.304. The molecule has 0 fully saturated rings. The van der Waals surface area contributed by atoms with E-state index in [1.165, 1.54) is 23.1 Å². The summed E-state index contributed by atoms with van der Waals surface area (Å²) in [6.07, 6.45) is -4.80. The lowest BCUT2D eigenvalue weighted by atomic mass is 10.2. The minimum absolute atomic E-state index is 0.112. The van der Waals surface area contributed by atoms with Crippen LogP contribution in [0.3, 0.4) is 0 Å². The van der Waals surface area contributed by atoms with Crippen molar-refractivity contribution in [3.8, 4) is 11.5 Å².